The minimum absolute atomic E-state index is 0.0298. The van der Waals surface area contributed by atoms with Gasteiger partial charge in [0.25, 0.3) is 11.8 Å². The second-order valence-corrected chi connectivity index (χ2v) is 9.98. The lowest BCUT2D eigenvalue weighted by molar-refractivity contribution is -0.126. The molecule has 3 amide bonds. The third kappa shape index (κ3) is 6.11. The molecule has 0 aliphatic heterocycles. The lowest BCUT2D eigenvalue weighted by Gasteiger charge is -2.32. The molecule has 4 rings (SSSR count). The normalized spacial score (nSPS) is 14.0. The molecule has 0 bridgehead atoms. The maximum absolute atomic E-state index is 14.1. The Morgan fingerprint density at radius 3 is 2.36 bits per heavy atom. The zero-order valence-electron chi connectivity index (χ0n) is 21.6. The molecular weight excluding hydrogens is 525 g/mol. The fraction of sp³-hybridized carbons (Fsp3) is 0.333. The summed E-state index contributed by atoms with van der Waals surface area (Å²) in [5.74, 6) is -1.53. The molecule has 1 aliphatic carbocycles. The van der Waals surface area contributed by atoms with E-state index in [-0.39, 0.29) is 28.8 Å². The summed E-state index contributed by atoms with van der Waals surface area (Å²) in [7, 11) is 2.97. The topological polar surface area (TPSA) is 150 Å². The van der Waals surface area contributed by atoms with Gasteiger partial charge in [-0.2, -0.15) is 4.37 Å². The minimum atomic E-state index is -1.14. The first-order valence-corrected chi connectivity index (χ1v) is 13.1. The molecule has 5 N–H and O–H groups in total. The van der Waals surface area contributed by atoms with E-state index in [4.69, 9.17) is 20.9 Å². The number of methoxy groups -OCH3 is 2. The molecule has 39 heavy (non-hydrogen) atoms. The van der Waals surface area contributed by atoms with Crippen molar-refractivity contribution in [2.45, 2.75) is 44.3 Å². The van der Waals surface area contributed by atoms with E-state index >= 15 is 0 Å². The van der Waals surface area contributed by atoms with Gasteiger partial charge in [0.15, 0.2) is 17.2 Å². The van der Waals surface area contributed by atoms with Crippen LogP contribution in [0.1, 0.15) is 63.0 Å². The number of nitrogens with one attached hydrogen (secondary N) is 1. The Morgan fingerprint density at radius 1 is 1.10 bits per heavy atom. The van der Waals surface area contributed by atoms with Crippen molar-refractivity contribution in [3.8, 4) is 11.5 Å². The molecule has 206 valence electrons. The Hall–Kier alpha value is -4.19. The van der Waals surface area contributed by atoms with Gasteiger partial charge in [0, 0.05) is 12.6 Å². The van der Waals surface area contributed by atoms with Gasteiger partial charge in [0.2, 0.25) is 5.91 Å². The highest BCUT2D eigenvalue weighted by atomic mass is 32.1. The van der Waals surface area contributed by atoms with E-state index in [1.54, 1.807) is 18.2 Å². The number of nitrogen functional groups attached to an aromatic ring is 1. The molecule has 1 heterocycles. The van der Waals surface area contributed by atoms with Crippen molar-refractivity contribution in [1.29, 1.82) is 0 Å². The van der Waals surface area contributed by atoms with Crippen LogP contribution in [0, 0.1) is 5.82 Å². The van der Waals surface area contributed by atoms with E-state index in [0.29, 0.717) is 22.6 Å². The van der Waals surface area contributed by atoms with Crippen molar-refractivity contribution >= 4 is 34.9 Å². The van der Waals surface area contributed by atoms with Gasteiger partial charge in [-0.3, -0.25) is 14.4 Å². The highest BCUT2D eigenvalue weighted by Crippen LogP contribution is 2.35. The van der Waals surface area contributed by atoms with Gasteiger partial charge in [0.1, 0.15) is 16.7 Å². The van der Waals surface area contributed by atoms with Gasteiger partial charge >= 0.3 is 0 Å². The molecule has 3 aromatic rings. The number of aromatic nitrogens is 1. The number of anilines is 1. The molecule has 0 spiro atoms. The van der Waals surface area contributed by atoms with Crippen LogP contribution in [0.15, 0.2) is 42.5 Å². The van der Waals surface area contributed by atoms with Crippen molar-refractivity contribution in [2.75, 3.05) is 20.0 Å². The number of carbonyl (C=O) groups is 3. The number of carbonyl (C=O) groups excluding carboxylic acids is 3. The SMILES string of the molecule is COc1ccc([C@@H](C(=O)NC2CCCC2)N(Cc2ccc(F)cc2)C(=O)c2snc(C(N)=O)c2N)cc1OC. The van der Waals surface area contributed by atoms with Crippen LogP contribution in [-0.2, 0) is 11.3 Å². The van der Waals surface area contributed by atoms with Crippen molar-refractivity contribution in [3.63, 3.8) is 0 Å². The highest BCUT2D eigenvalue weighted by molar-refractivity contribution is 7.09. The van der Waals surface area contributed by atoms with Crippen molar-refractivity contribution < 1.29 is 28.2 Å². The van der Waals surface area contributed by atoms with Crippen LogP contribution in [0.2, 0.25) is 0 Å². The van der Waals surface area contributed by atoms with E-state index in [9.17, 15) is 18.8 Å². The zero-order chi connectivity index (χ0) is 28.1. The fourth-order valence-corrected chi connectivity index (χ4v) is 5.43. The first-order valence-electron chi connectivity index (χ1n) is 12.4. The van der Waals surface area contributed by atoms with E-state index in [2.05, 4.69) is 9.69 Å². The summed E-state index contributed by atoms with van der Waals surface area (Å²) in [6.07, 6.45) is 3.66. The lowest BCUT2D eigenvalue weighted by atomic mass is 10.0. The summed E-state index contributed by atoms with van der Waals surface area (Å²) in [6.45, 7) is -0.0700. The van der Waals surface area contributed by atoms with E-state index < -0.39 is 29.6 Å². The first-order chi connectivity index (χ1) is 18.7. The maximum Gasteiger partial charge on any atom is 0.270 e. The standard InChI is InChI=1S/C27H30FN5O5S/c1-37-19-12-9-16(13-20(19)38-2)23(26(35)31-18-5-3-4-6-18)33(14-15-7-10-17(28)11-8-15)27(36)24-21(29)22(25(30)34)32-39-24/h7-13,18,23H,3-6,14,29H2,1-2H3,(H2,30,34)(H,31,35)/t23-/m0/s1. The average molecular weight is 556 g/mol. The number of amides is 3. The van der Waals surface area contributed by atoms with E-state index in [1.165, 1.54) is 43.4 Å². The summed E-state index contributed by atoms with van der Waals surface area (Å²) >= 11 is 0.721. The van der Waals surface area contributed by atoms with Crippen LogP contribution < -0.4 is 26.3 Å². The number of primary amides is 1. The number of hydrogen-bond donors (Lipinski definition) is 3. The predicted octanol–water partition coefficient (Wildman–Crippen LogP) is 3.42. The molecule has 1 aliphatic rings. The lowest BCUT2D eigenvalue weighted by Crippen LogP contribution is -2.45. The Balaban J connectivity index is 1.84. The minimum Gasteiger partial charge on any atom is -0.493 e. The maximum atomic E-state index is 14.1. The summed E-state index contributed by atoms with van der Waals surface area (Å²) in [4.78, 5) is 41.0. The van der Waals surface area contributed by atoms with Gasteiger partial charge in [-0.05, 0) is 59.8 Å². The van der Waals surface area contributed by atoms with Gasteiger partial charge in [-0.15, -0.1) is 0 Å². The monoisotopic (exact) mass is 555 g/mol. The van der Waals surface area contributed by atoms with Crippen LogP contribution >= 0.6 is 11.5 Å². The number of nitrogens with two attached hydrogens (primary N) is 2. The largest absolute Gasteiger partial charge is 0.493 e. The summed E-state index contributed by atoms with van der Waals surface area (Å²) in [5.41, 5.74) is 12.1. The third-order valence-corrected chi connectivity index (χ3v) is 7.52. The van der Waals surface area contributed by atoms with Crippen LogP contribution in [0.4, 0.5) is 10.1 Å². The van der Waals surface area contributed by atoms with Crippen LogP contribution in [-0.4, -0.2) is 47.3 Å². The zero-order valence-corrected chi connectivity index (χ0v) is 22.4. The van der Waals surface area contributed by atoms with Gasteiger partial charge in [-0.1, -0.05) is 31.0 Å². The van der Waals surface area contributed by atoms with Crippen LogP contribution in [0.25, 0.3) is 0 Å². The molecule has 2 aromatic carbocycles. The van der Waals surface area contributed by atoms with Crippen LogP contribution in [0.5, 0.6) is 11.5 Å². The molecule has 0 radical (unpaired) electrons. The molecule has 12 heteroatoms. The predicted molar refractivity (Wildman–Crippen MR) is 144 cm³/mol. The molecular formula is C27H30FN5O5S. The highest BCUT2D eigenvalue weighted by Gasteiger charge is 2.36. The summed E-state index contributed by atoms with van der Waals surface area (Å²) < 4.78 is 28.5. The second kappa shape index (κ2) is 12.1. The quantitative estimate of drug-likeness (QED) is 0.347. The number of nitrogens with zero attached hydrogens (tertiary/aromatic N) is 2. The Morgan fingerprint density at radius 2 is 1.77 bits per heavy atom. The number of ether oxygens (including phenoxy) is 2. The molecule has 0 saturated heterocycles. The molecule has 1 fully saturated rings. The van der Waals surface area contributed by atoms with Gasteiger partial charge < -0.3 is 31.2 Å². The number of benzene rings is 2. The van der Waals surface area contributed by atoms with Crippen LogP contribution in [0.3, 0.4) is 0 Å². The van der Waals surface area contributed by atoms with E-state index in [0.717, 1.165) is 37.2 Å². The Kier molecular flexibility index (Phi) is 8.65. The molecule has 1 atom stereocenters. The fourth-order valence-electron chi connectivity index (χ4n) is 4.67. The molecule has 1 aromatic heterocycles. The van der Waals surface area contributed by atoms with Crippen molar-refractivity contribution in [3.05, 3.63) is 70.0 Å². The number of halogens is 1. The van der Waals surface area contributed by atoms with E-state index in [1.807, 2.05) is 0 Å². The van der Waals surface area contributed by atoms with Gasteiger partial charge in [0.05, 0.1) is 19.9 Å². The Bertz CT molecular complexity index is 1360. The molecule has 10 nitrogen and oxygen atoms in total. The van der Waals surface area contributed by atoms with Gasteiger partial charge in [-0.25, -0.2) is 4.39 Å². The second-order valence-electron chi connectivity index (χ2n) is 9.20. The number of rotatable bonds is 10. The average Bonchev–Trinajstić information content (AvgIpc) is 3.58. The van der Waals surface area contributed by atoms with Crippen molar-refractivity contribution in [2.24, 2.45) is 5.73 Å². The third-order valence-electron chi connectivity index (χ3n) is 6.67. The first kappa shape index (κ1) is 27.8. The number of hydrogen-bond acceptors (Lipinski definition) is 8. The summed E-state index contributed by atoms with van der Waals surface area (Å²) in [6, 6.07) is 9.39. The smallest absolute Gasteiger partial charge is 0.270 e. The Labute approximate surface area is 229 Å². The molecule has 0 unspecified atom stereocenters. The summed E-state index contributed by atoms with van der Waals surface area (Å²) in [5, 5.41) is 3.08. The molecule has 1 saturated carbocycles. The van der Waals surface area contributed by atoms with Crippen molar-refractivity contribution in [1.82, 2.24) is 14.6 Å².